The number of allylic oxidation sites excluding steroid dienone is 3. The highest BCUT2D eigenvalue weighted by molar-refractivity contribution is 5.67. The van der Waals surface area contributed by atoms with Crippen LogP contribution >= 0.6 is 0 Å². The molecular formula is C23H24F3N7. The minimum Gasteiger partial charge on any atom is -0.401 e. The van der Waals surface area contributed by atoms with Crippen LogP contribution in [0.5, 0.6) is 0 Å². The SMILES string of the molecule is CCC1(c2nc(-n3cnc(C)n3)ncc2F)CCCC(/C=C(\N)c2c(F)cccc2F)=C1N. The summed E-state index contributed by atoms with van der Waals surface area (Å²) in [5.74, 6) is -1.44. The van der Waals surface area contributed by atoms with Gasteiger partial charge in [-0.2, -0.15) is 4.68 Å². The molecule has 2 heterocycles. The van der Waals surface area contributed by atoms with Crippen molar-refractivity contribution in [1.82, 2.24) is 24.7 Å². The lowest BCUT2D eigenvalue weighted by atomic mass is 9.69. The maximum Gasteiger partial charge on any atom is 0.252 e. The van der Waals surface area contributed by atoms with Crippen molar-refractivity contribution in [3.63, 3.8) is 0 Å². The van der Waals surface area contributed by atoms with Crippen LogP contribution in [-0.4, -0.2) is 24.7 Å². The molecule has 0 saturated heterocycles. The van der Waals surface area contributed by atoms with E-state index in [0.717, 1.165) is 18.3 Å². The Morgan fingerprint density at radius 2 is 1.91 bits per heavy atom. The Morgan fingerprint density at radius 3 is 2.55 bits per heavy atom. The molecule has 172 valence electrons. The lowest BCUT2D eigenvalue weighted by molar-refractivity contribution is 0.371. The normalized spacial score (nSPS) is 19.2. The van der Waals surface area contributed by atoms with Gasteiger partial charge in [0.15, 0.2) is 5.82 Å². The van der Waals surface area contributed by atoms with Crippen LogP contribution in [0.1, 0.15) is 49.7 Å². The monoisotopic (exact) mass is 455 g/mol. The Labute approximate surface area is 189 Å². The molecule has 1 aliphatic rings. The van der Waals surface area contributed by atoms with Crippen molar-refractivity contribution >= 4 is 5.70 Å². The number of hydrogen-bond acceptors (Lipinski definition) is 6. The molecule has 1 aromatic carbocycles. The van der Waals surface area contributed by atoms with E-state index in [1.54, 1.807) is 6.92 Å². The smallest absolute Gasteiger partial charge is 0.252 e. The summed E-state index contributed by atoms with van der Waals surface area (Å²) in [7, 11) is 0. The Bertz CT molecular complexity index is 1240. The van der Waals surface area contributed by atoms with Gasteiger partial charge in [-0.1, -0.05) is 13.0 Å². The second-order valence-electron chi connectivity index (χ2n) is 8.03. The number of nitrogens with zero attached hydrogens (tertiary/aromatic N) is 5. The van der Waals surface area contributed by atoms with Crippen LogP contribution in [-0.2, 0) is 5.41 Å². The average molecular weight is 455 g/mol. The van der Waals surface area contributed by atoms with Crippen molar-refractivity contribution in [3.8, 4) is 5.95 Å². The number of nitrogens with two attached hydrogens (primary N) is 2. The summed E-state index contributed by atoms with van der Waals surface area (Å²) in [6, 6.07) is 3.54. The van der Waals surface area contributed by atoms with Crippen molar-refractivity contribution in [2.75, 3.05) is 0 Å². The van der Waals surface area contributed by atoms with Crippen molar-refractivity contribution in [2.24, 2.45) is 11.5 Å². The molecule has 1 aliphatic carbocycles. The molecule has 3 aromatic rings. The van der Waals surface area contributed by atoms with Crippen LogP contribution in [0.25, 0.3) is 11.6 Å². The fourth-order valence-corrected chi connectivity index (χ4v) is 4.37. The molecule has 0 bridgehead atoms. The first-order chi connectivity index (χ1) is 15.8. The van der Waals surface area contributed by atoms with E-state index in [1.807, 2.05) is 6.92 Å². The summed E-state index contributed by atoms with van der Waals surface area (Å²) in [5.41, 5.74) is 12.4. The van der Waals surface area contributed by atoms with Gasteiger partial charge in [0, 0.05) is 11.4 Å². The van der Waals surface area contributed by atoms with Crippen LogP contribution in [0.15, 0.2) is 48.1 Å². The summed E-state index contributed by atoms with van der Waals surface area (Å²) in [6.45, 7) is 3.61. The fraction of sp³-hybridized carbons (Fsp3) is 0.304. The van der Waals surface area contributed by atoms with E-state index in [-0.39, 0.29) is 22.9 Å². The van der Waals surface area contributed by atoms with Gasteiger partial charge in [-0.05, 0) is 56.4 Å². The molecule has 10 heteroatoms. The second kappa shape index (κ2) is 8.68. The highest BCUT2D eigenvalue weighted by Crippen LogP contribution is 2.44. The van der Waals surface area contributed by atoms with Crippen LogP contribution in [0.2, 0.25) is 0 Å². The zero-order valence-electron chi connectivity index (χ0n) is 18.3. The van der Waals surface area contributed by atoms with Crippen molar-refractivity contribution < 1.29 is 13.2 Å². The predicted octanol–water partition coefficient (Wildman–Crippen LogP) is 3.83. The largest absolute Gasteiger partial charge is 0.401 e. The Balaban J connectivity index is 1.83. The summed E-state index contributed by atoms with van der Waals surface area (Å²) >= 11 is 0. The second-order valence-corrected chi connectivity index (χ2v) is 8.03. The Hall–Kier alpha value is -3.69. The average Bonchev–Trinajstić information content (AvgIpc) is 3.22. The number of aryl methyl sites for hydroxylation is 1. The van der Waals surface area contributed by atoms with Gasteiger partial charge in [0.1, 0.15) is 23.8 Å². The molecule has 7 nitrogen and oxygen atoms in total. The highest BCUT2D eigenvalue weighted by atomic mass is 19.1. The van der Waals surface area contributed by atoms with E-state index in [1.165, 1.54) is 23.2 Å². The molecule has 4 N–H and O–H groups in total. The molecule has 0 radical (unpaired) electrons. The van der Waals surface area contributed by atoms with Crippen LogP contribution in [0.3, 0.4) is 0 Å². The fourth-order valence-electron chi connectivity index (χ4n) is 4.37. The van der Waals surface area contributed by atoms with Crippen molar-refractivity contribution in [2.45, 2.75) is 44.9 Å². The van der Waals surface area contributed by atoms with Gasteiger partial charge in [0.2, 0.25) is 0 Å². The van der Waals surface area contributed by atoms with E-state index in [4.69, 9.17) is 11.5 Å². The van der Waals surface area contributed by atoms with Gasteiger partial charge in [-0.15, -0.1) is 5.10 Å². The lowest BCUT2D eigenvalue weighted by Gasteiger charge is -2.38. The van der Waals surface area contributed by atoms with Gasteiger partial charge < -0.3 is 11.5 Å². The zero-order chi connectivity index (χ0) is 23.8. The Kier molecular flexibility index (Phi) is 5.92. The third kappa shape index (κ3) is 3.96. The van der Waals surface area contributed by atoms with Crippen LogP contribution in [0, 0.1) is 24.4 Å². The first-order valence-corrected chi connectivity index (χ1v) is 10.6. The van der Waals surface area contributed by atoms with E-state index >= 15 is 4.39 Å². The zero-order valence-corrected chi connectivity index (χ0v) is 18.3. The first kappa shape index (κ1) is 22.5. The molecule has 33 heavy (non-hydrogen) atoms. The standard InChI is InChI=1S/C23H24F3N7/c1-3-23(21-17(26)11-29-22(31-21)33-12-30-13(2)32-33)9-5-6-14(20(23)28)10-18(27)19-15(24)7-4-8-16(19)25/h4,7-8,10-12H,3,5-6,9,27-28H2,1-2H3/b18-10-. The van der Waals surface area contributed by atoms with E-state index in [0.29, 0.717) is 42.8 Å². The number of rotatable bonds is 5. The van der Waals surface area contributed by atoms with Crippen LogP contribution < -0.4 is 11.5 Å². The van der Waals surface area contributed by atoms with Gasteiger partial charge in [0.25, 0.3) is 5.95 Å². The molecule has 2 aromatic heterocycles. The lowest BCUT2D eigenvalue weighted by Crippen LogP contribution is -2.38. The Morgan fingerprint density at radius 1 is 1.18 bits per heavy atom. The topological polar surface area (TPSA) is 109 Å². The third-order valence-corrected chi connectivity index (χ3v) is 6.09. The third-order valence-electron chi connectivity index (χ3n) is 6.09. The summed E-state index contributed by atoms with van der Waals surface area (Å²) in [5, 5.41) is 4.19. The van der Waals surface area contributed by atoms with Gasteiger partial charge in [-0.3, -0.25) is 0 Å². The molecule has 0 aliphatic heterocycles. The molecule has 1 unspecified atom stereocenters. The van der Waals surface area contributed by atoms with Gasteiger partial charge >= 0.3 is 0 Å². The van der Waals surface area contributed by atoms with E-state index < -0.39 is 22.9 Å². The predicted molar refractivity (Wildman–Crippen MR) is 117 cm³/mol. The molecule has 0 saturated carbocycles. The molecule has 0 fully saturated rings. The minimum atomic E-state index is -0.935. The molecule has 1 atom stereocenters. The summed E-state index contributed by atoms with van der Waals surface area (Å²) in [4.78, 5) is 12.6. The summed E-state index contributed by atoms with van der Waals surface area (Å²) in [6.07, 6.45) is 6.20. The van der Waals surface area contributed by atoms with Crippen LogP contribution in [0.4, 0.5) is 13.2 Å². The first-order valence-electron chi connectivity index (χ1n) is 10.6. The molecule has 4 rings (SSSR count). The summed E-state index contributed by atoms with van der Waals surface area (Å²) < 4.78 is 44.8. The van der Waals surface area contributed by atoms with Crippen molar-refractivity contribution in [1.29, 1.82) is 0 Å². The minimum absolute atomic E-state index is 0.0857. The highest BCUT2D eigenvalue weighted by Gasteiger charge is 2.41. The number of aromatic nitrogens is 5. The molecular weight excluding hydrogens is 431 g/mol. The number of hydrogen-bond donors (Lipinski definition) is 2. The maximum atomic E-state index is 15.1. The maximum absolute atomic E-state index is 15.1. The quantitative estimate of drug-likeness (QED) is 0.605. The van der Waals surface area contributed by atoms with Gasteiger partial charge in [-0.25, -0.2) is 28.1 Å². The van der Waals surface area contributed by atoms with E-state index in [2.05, 4.69) is 20.1 Å². The van der Waals surface area contributed by atoms with Gasteiger partial charge in [0.05, 0.1) is 22.9 Å². The van der Waals surface area contributed by atoms with E-state index in [9.17, 15) is 8.78 Å². The number of benzene rings is 1. The molecule has 0 spiro atoms. The molecule has 0 amide bonds. The number of halogens is 3. The van der Waals surface area contributed by atoms with Crippen molar-refractivity contribution in [3.05, 3.63) is 82.6 Å².